The van der Waals surface area contributed by atoms with Crippen LogP contribution < -0.4 is 19.5 Å². The molecule has 10 nitrogen and oxygen atoms in total. The van der Waals surface area contributed by atoms with Crippen LogP contribution in [0.25, 0.3) is 0 Å². The first-order chi connectivity index (χ1) is 17.6. The number of rotatable bonds is 10. The maximum Gasteiger partial charge on any atom is 0.321 e. The Balaban J connectivity index is 1.66. The van der Waals surface area contributed by atoms with Crippen LogP contribution in [0.15, 0.2) is 30.3 Å². The predicted octanol–water partition coefficient (Wildman–Crippen LogP) is 4.74. The van der Waals surface area contributed by atoms with Crippen molar-refractivity contribution in [3.63, 3.8) is 0 Å². The fraction of sp³-hybridized carbons (Fsp3) is 0.519. The highest BCUT2D eigenvalue weighted by Gasteiger charge is 2.24. The molecular formula is C27H38N4O6. The molecular weight excluding hydrogens is 476 g/mol. The largest absolute Gasteiger partial charge is 0.493 e. The number of carbonyl (C=O) groups excluding carboxylic acids is 1. The van der Waals surface area contributed by atoms with E-state index in [2.05, 4.69) is 37.9 Å². The first-order valence-electron chi connectivity index (χ1n) is 12.6. The molecule has 0 saturated carbocycles. The highest BCUT2D eigenvalue weighted by atomic mass is 16.6. The summed E-state index contributed by atoms with van der Waals surface area (Å²) in [4.78, 5) is 28.1. The van der Waals surface area contributed by atoms with Gasteiger partial charge in [0.15, 0.2) is 17.2 Å². The minimum atomic E-state index is -0.443. The number of nitrogens with zero attached hydrogens (tertiary/aromatic N) is 3. The van der Waals surface area contributed by atoms with Gasteiger partial charge in [-0.2, -0.15) is 0 Å². The molecule has 0 aromatic heterocycles. The molecule has 0 spiro atoms. The number of nitro benzene ring substituents is 1. The van der Waals surface area contributed by atoms with Crippen molar-refractivity contribution in [2.24, 2.45) is 0 Å². The molecule has 2 amide bonds. The van der Waals surface area contributed by atoms with Crippen LogP contribution in [0.3, 0.4) is 0 Å². The monoisotopic (exact) mass is 514 g/mol. The number of carbonyl (C=O) groups is 1. The lowest BCUT2D eigenvalue weighted by molar-refractivity contribution is -0.385. The van der Waals surface area contributed by atoms with Crippen molar-refractivity contribution in [3.8, 4) is 17.2 Å². The van der Waals surface area contributed by atoms with Crippen molar-refractivity contribution in [1.29, 1.82) is 0 Å². The van der Waals surface area contributed by atoms with Gasteiger partial charge in [-0.15, -0.1) is 0 Å². The van der Waals surface area contributed by atoms with Gasteiger partial charge in [-0.1, -0.05) is 0 Å². The summed E-state index contributed by atoms with van der Waals surface area (Å²) < 4.78 is 16.7. The van der Waals surface area contributed by atoms with Crippen molar-refractivity contribution < 1.29 is 23.9 Å². The van der Waals surface area contributed by atoms with Crippen molar-refractivity contribution >= 4 is 17.4 Å². The third kappa shape index (κ3) is 7.03. The minimum absolute atomic E-state index is 0.0603. The van der Waals surface area contributed by atoms with Gasteiger partial charge in [0.05, 0.1) is 19.1 Å². The summed E-state index contributed by atoms with van der Waals surface area (Å²) in [6.07, 6.45) is 1.10. The Bertz CT molecular complexity index is 1100. The Hall–Kier alpha value is -3.53. The molecule has 1 aliphatic heterocycles. The summed E-state index contributed by atoms with van der Waals surface area (Å²) in [5.74, 6) is 1.40. The standard InChI is InChI=1S/C27H38N4O6/c1-18(2)30(19(3)4)13-14-37-26-17-22(7-8-24(26)35-5)28-27(32)29-11-9-20-15-23(31(33)34)25(36-6)16-21(20)10-12-29/h7-8,15-19H,9-14H2,1-6H3,(H,28,32). The molecule has 2 aromatic carbocycles. The van der Waals surface area contributed by atoms with Crippen LogP contribution in [0.2, 0.25) is 0 Å². The lowest BCUT2D eigenvalue weighted by Crippen LogP contribution is -2.39. The third-order valence-corrected chi connectivity index (χ3v) is 6.64. The number of hydrogen-bond acceptors (Lipinski definition) is 7. The van der Waals surface area contributed by atoms with E-state index in [9.17, 15) is 14.9 Å². The number of fused-ring (bicyclic) bond motifs is 1. The lowest BCUT2D eigenvalue weighted by Gasteiger charge is -2.30. The number of nitrogens with one attached hydrogen (secondary N) is 1. The Morgan fingerprint density at radius 2 is 1.62 bits per heavy atom. The van der Waals surface area contributed by atoms with E-state index in [4.69, 9.17) is 14.2 Å². The molecule has 0 saturated heterocycles. The highest BCUT2D eigenvalue weighted by Crippen LogP contribution is 2.33. The molecule has 0 fully saturated rings. The zero-order valence-electron chi connectivity index (χ0n) is 22.6. The number of amides is 2. The van der Waals surface area contributed by atoms with Gasteiger partial charge in [-0.25, -0.2) is 4.79 Å². The maximum atomic E-state index is 13.1. The summed E-state index contributed by atoms with van der Waals surface area (Å²) in [5, 5.41) is 14.3. The number of urea groups is 1. The van der Waals surface area contributed by atoms with Gasteiger partial charge in [0, 0.05) is 49.5 Å². The van der Waals surface area contributed by atoms with E-state index < -0.39 is 4.92 Å². The molecule has 0 aliphatic carbocycles. The molecule has 1 N–H and O–H groups in total. The molecule has 1 aliphatic rings. The first-order valence-corrected chi connectivity index (χ1v) is 12.6. The summed E-state index contributed by atoms with van der Waals surface area (Å²) in [6.45, 7) is 10.8. The maximum absolute atomic E-state index is 13.1. The van der Waals surface area contributed by atoms with E-state index in [-0.39, 0.29) is 17.5 Å². The van der Waals surface area contributed by atoms with Crippen LogP contribution in [0.1, 0.15) is 38.8 Å². The molecule has 0 atom stereocenters. The zero-order valence-corrected chi connectivity index (χ0v) is 22.6. The van der Waals surface area contributed by atoms with Gasteiger partial charge in [-0.05, 0) is 69.9 Å². The van der Waals surface area contributed by atoms with Gasteiger partial charge in [0.2, 0.25) is 0 Å². The van der Waals surface area contributed by atoms with E-state index in [0.717, 1.165) is 17.7 Å². The van der Waals surface area contributed by atoms with Gasteiger partial charge in [0.1, 0.15) is 6.61 Å². The fourth-order valence-corrected chi connectivity index (χ4v) is 4.69. The van der Waals surface area contributed by atoms with Gasteiger partial charge in [-0.3, -0.25) is 15.0 Å². The SMILES string of the molecule is COc1ccc(NC(=O)N2CCc3cc(OC)c([N+](=O)[O-])cc3CC2)cc1OCCN(C(C)C)C(C)C. The number of benzene rings is 2. The second kappa shape index (κ2) is 12.6. The van der Waals surface area contributed by atoms with Crippen molar-refractivity contribution in [2.75, 3.05) is 45.8 Å². The van der Waals surface area contributed by atoms with Crippen LogP contribution in [0.4, 0.5) is 16.2 Å². The summed E-state index contributed by atoms with van der Waals surface area (Å²) in [5.41, 5.74) is 2.36. The van der Waals surface area contributed by atoms with E-state index in [1.165, 1.54) is 7.11 Å². The van der Waals surface area contributed by atoms with Crippen LogP contribution in [0, 0.1) is 10.1 Å². The van der Waals surface area contributed by atoms with Crippen LogP contribution in [0.5, 0.6) is 17.2 Å². The third-order valence-electron chi connectivity index (χ3n) is 6.64. The molecule has 10 heteroatoms. The van der Waals surface area contributed by atoms with Crippen LogP contribution in [-0.4, -0.2) is 73.3 Å². The van der Waals surface area contributed by atoms with Gasteiger partial charge in [0.25, 0.3) is 0 Å². The second-order valence-electron chi connectivity index (χ2n) is 9.61. The van der Waals surface area contributed by atoms with Crippen molar-refractivity contribution in [2.45, 2.75) is 52.6 Å². The Morgan fingerprint density at radius 1 is 1.00 bits per heavy atom. The minimum Gasteiger partial charge on any atom is -0.493 e. The number of methoxy groups -OCH3 is 2. The van der Waals surface area contributed by atoms with E-state index in [0.29, 0.717) is 61.8 Å². The van der Waals surface area contributed by atoms with E-state index in [1.807, 2.05) is 0 Å². The number of ether oxygens (including phenoxy) is 3. The summed E-state index contributed by atoms with van der Waals surface area (Å²) in [6, 6.07) is 9.16. The molecule has 0 unspecified atom stereocenters. The van der Waals surface area contributed by atoms with Gasteiger partial charge < -0.3 is 24.4 Å². The lowest BCUT2D eigenvalue weighted by atomic mass is 10.0. The van der Waals surface area contributed by atoms with E-state index >= 15 is 0 Å². The van der Waals surface area contributed by atoms with E-state index in [1.54, 1.807) is 42.3 Å². The number of anilines is 1. The topological polar surface area (TPSA) is 106 Å². The number of nitro groups is 1. The van der Waals surface area contributed by atoms with Gasteiger partial charge >= 0.3 is 11.7 Å². The zero-order chi connectivity index (χ0) is 27.1. The van der Waals surface area contributed by atoms with Crippen molar-refractivity contribution in [1.82, 2.24) is 9.80 Å². The average Bonchev–Trinajstić information content (AvgIpc) is 3.07. The van der Waals surface area contributed by atoms with Crippen molar-refractivity contribution in [3.05, 3.63) is 51.6 Å². The Kier molecular flexibility index (Phi) is 9.57. The molecule has 202 valence electrons. The molecule has 2 aromatic rings. The first kappa shape index (κ1) is 28.0. The van der Waals surface area contributed by atoms with Crippen LogP contribution in [-0.2, 0) is 12.8 Å². The van der Waals surface area contributed by atoms with Crippen LogP contribution >= 0.6 is 0 Å². The smallest absolute Gasteiger partial charge is 0.321 e. The fourth-order valence-electron chi connectivity index (χ4n) is 4.69. The average molecular weight is 515 g/mol. The normalized spacial score (nSPS) is 13.4. The Labute approximate surface area is 218 Å². The molecule has 3 rings (SSSR count). The predicted molar refractivity (Wildman–Crippen MR) is 143 cm³/mol. The molecule has 1 heterocycles. The highest BCUT2D eigenvalue weighted by molar-refractivity contribution is 5.89. The molecule has 37 heavy (non-hydrogen) atoms. The summed E-state index contributed by atoms with van der Waals surface area (Å²) >= 11 is 0. The number of hydrogen-bond donors (Lipinski definition) is 1. The molecule has 0 bridgehead atoms. The molecule has 0 radical (unpaired) electrons. The Morgan fingerprint density at radius 3 is 2.19 bits per heavy atom. The second-order valence-corrected chi connectivity index (χ2v) is 9.61. The summed E-state index contributed by atoms with van der Waals surface area (Å²) in [7, 11) is 3.01. The quantitative estimate of drug-likeness (QED) is 0.360.